The highest BCUT2D eigenvalue weighted by atomic mass is 32.2. The lowest BCUT2D eigenvalue weighted by Crippen LogP contribution is -2.35. The number of methoxy groups -OCH3 is 1. The summed E-state index contributed by atoms with van der Waals surface area (Å²) in [6.07, 6.45) is 1.43. The van der Waals surface area contributed by atoms with Gasteiger partial charge in [-0.3, -0.25) is 0 Å². The molecule has 1 fully saturated rings. The van der Waals surface area contributed by atoms with Gasteiger partial charge in [0.05, 0.1) is 11.3 Å². The summed E-state index contributed by atoms with van der Waals surface area (Å²) in [7, 11) is 1.68. The predicted molar refractivity (Wildman–Crippen MR) is 104 cm³/mol. The normalized spacial score (nSPS) is 17.1. The number of ether oxygens (including phenoxy) is 2. The lowest BCUT2D eigenvalue weighted by molar-refractivity contribution is -0.0950. The Morgan fingerprint density at radius 1 is 1.19 bits per heavy atom. The number of hydrogen-bond acceptors (Lipinski definition) is 5. The zero-order valence-corrected chi connectivity index (χ0v) is 16.6. The minimum atomic E-state index is -0.496. The number of nitrogens with zero attached hydrogens (tertiary/aromatic N) is 1. The van der Waals surface area contributed by atoms with Crippen LogP contribution in [0.15, 0.2) is 51.3 Å². The molecule has 2 aromatic rings. The molecule has 1 aliphatic heterocycles. The Morgan fingerprint density at radius 2 is 1.93 bits per heavy atom. The van der Waals surface area contributed by atoms with Crippen LogP contribution in [0.5, 0.6) is 0 Å². The van der Waals surface area contributed by atoms with Crippen molar-refractivity contribution in [2.24, 2.45) is 5.16 Å². The first kappa shape index (κ1) is 19.9. The fourth-order valence-corrected chi connectivity index (χ4v) is 4.49. The summed E-state index contributed by atoms with van der Waals surface area (Å²) in [5, 5.41) is 12.2. The second-order valence-corrected chi connectivity index (χ2v) is 7.90. The largest absolute Gasteiger partial charge is 0.411 e. The van der Waals surface area contributed by atoms with Gasteiger partial charge in [0.25, 0.3) is 0 Å². The average molecular weight is 389 g/mol. The van der Waals surface area contributed by atoms with Gasteiger partial charge in [-0.2, -0.15) is 0 Å². The van der Waals surface area contributed by atoms with Gasteiger partial charge in [-0.1, -0.05) is 23.0 Å². The first-order chi connectivity index (χ1) is 13.0. The van der Waals surface area contributed by atoms with Gasteiger partial charge < -0.3 is 14.7 Å². The molecule has 0 amide bonds. The third-order valence-electron chi connectivity index (χ3n) is 5.06. The molecule has 3 rings (SSSR count). The Hall–Kier alpha value is -1.89. The fourth-order valence-electron chi connectivity index (χ4n) is 3.49. The summed E-state index contributed by atoms with van der Waals surface area (Å²) in [6.45, 7) is 4.94. The molecule has 0 atom stereocenters. The summed E-state index contributed by atoms with van der Waals surface area (Å²) in [5.74, 6) is -0.269. The molecule has 2 aromatic carbocycles. The molecule has 4 nitrogen and oxygen atoms in total. The zero-order chi connectivity index (χ0) is 19.4. The van der Waals surface area contributed by atoms with Crippen molar-refractivity contribution in [1.29, 1.82) is 0 Å². The van der Waals surface area contributed by atoms with Crippen molar-refractivity contribution in [1.82, 2.24) is 0 Å². The Bertz CT molecular complexity index is 847. The first-order valence-electron chi connectivity index (χ1n) is 8.89. The number of benzene rings is 2. The van der Waals surface area contributed by atoms with E-state index in [0.29, 0.717) is 31.8 Å². The monoisotopic (exact) mass is 389 g/mol. The zero-order valence-electron chi connectivity index (χ0n) is 15.8. The van der Waals surface area contributed by atoms with E-state index in [1.165, 1.54) is 11.8 Å². The van der Waals surface area contributed by atoms with E-state index in [4.69, 9.17) is 14.7 Å². The van der Waals surface area contributed by atoms with Crippen molar-refractivity contribution in [2.75, 3.05) is 20.3 Å². The molecular weight excluding hydrogens is 365 g/mol. The Kier molecular flexibility index (Phi) is 6.19. The van der Waals surface area contributed by atoms with Crippen LogP contribution in [0.2, 0.25) is 0 Å². The fraction of sp³-hybridized carbons (Fsp3) is 0.381. The van der Waals surface area contributed by atoms with Gasteiger partial charge in [-0.05, 0) is 55.3 Å². The average Bonchev–Trinajstić information content (AvgIpc) is 2.67. The summed E-state index contributed by atoms with van der Waals surface area (Å²) < 4.78 is 25.6. The molecule has 0 aromatic heterocycles. The standard InChI is InChI=1S/C21H24FNO3S/c1-14-10-18(4-5-20(14)15(2)23-24)27-19-12-16(11-17(22)13-19)21(25-3)6-8-26-9-7-21/h4-5,10-13,24H,6-9H2,1-3H3/b23-15+. The molecule has 0 radical (unpaired) electrons. The lowest BCUT2D eigenvalue weighted by atomic mass is 9.86. The van der Waals surface area contributed by atoms with Crippen LogP contribution in [0.4, 0.5) is 4.39 Å². The predicted octanol–water partition coefficient (Wildman–Crippen LogP) is 5.14. The smallest absolute Gasteiger partial charge is 0.124 e. The molecule has 1 aliphatic rings. The van der Waals surface area contributed by atoms with Crippen molar-refractivity contribution in [3.05, 3.63) is 58.9 Å². The summed E-state index contributed by atoms with van der Waals surface area (Å²) in [4.78, 5) is 1.82. The first-order valence-corrected chi connectivity index (χ1v) is 9.70. The maximum atomic E-state index is 14.3. The molecule has 27 heavy (non-hydrogen) atoms. The summed E-state index contributed by atoms with van der Waals surface area (Å²) in [5.41, 5.74) is 2.82. The van der Waals surface area contributed by atoms with E-state index in [0.717, 1.165) is 26.5 Å². The molecule has 1 saturated heterocycles. The summed E-state index contributed by atoms with van der Waals surface area (Å²) in [6, 6.07) is 11.0. The van der Waals surface area contributed by atoms with Gasteiger partial charge in [0.15, 0.2) is 0 Å². The maximum Gasteiger partial charge on any atom is 0.124 e. The maximum absolute atomic E-state index is 14.3. The van der Waals surface area contributed by atoms with Crippen LogP contribution in [0.25, 0.3) is 0 Å². The Morgan fingerprint density at radius 3 is 2.56 bits per heavy atom. The van der Waals surface area contributed by atoms with Gasteiger partial charge in [0.1, 0.15) is 5.82 Å². The number of rotatable bonds is 5. The van der Waals surface area contributed by atoms with Crippen molar-refractivity contribution < 1.29 is 19.1 Å². The second kappa shape index (κ2) is 8.42. The minimum absolute atomic E-state index is 0.269. The highest BCUT2D eigenvalue weighted by molar-refractivity contribution is 7.99. The lowest BCUT2D eigenvalue weighted by Gasteiger charge is -2.36. The van der Waals surface area contributed by atoms with Crippen molar-refractivity contribution in [3.63, 3.8) is 0 Å². The highest BCUT2D eigenvalue weighted by Crippen LogP contribution is 2.39. The van der Waals surface area contributed by atoms with Crippen LogP contribution in [-0.2, 0) is 15.1 Å². The molecule has 144 valence electrons. The highest BCUT2D eigenvalue weighted by Gasteiger charge is 2.35. The molecule has 6 heteroatoms. The molecular formula is C21H24FNO3S. The van der Waals surface area contributed by atoms with E-state index < -0.39 is 5.60 Å². The van der Waals surface area contributed by atoms with Crippen LogP contribution in [0.1, 0.15) is 36.5 Å². The number of aryl methyl sites for hydroxylation is 1. The van der Waals surface area contributed by atoms with Crippen molar-refractivity contribution in [2.45, 2.75) is 42.1 Å². The third kappa shape index (κ3) is 4.34. The Balaban J connectivity index is 1.90. The van der Waals surface area contributed by atoms with Gasteiger partial charge in [0, 0.05) is 48.5 Å². The van der Waals surface area contributed by atoms with E-state index >= 15 is 0 Å². The van der Waals surface area contributed by atoms with E-state index in [2.05, 4.69) is 5.16 Å². The molecule has 0 saturated carbocycles. The van der Waals surface area contributed by atoms with Gasteiger partial charge in [-0.25, -0.2) is 4.39 Å². The van der Waals surface area contributed by atoms with Gasteiger partial charge in [0.2, 0.25) is 0 Å². The van der Waals surface area contributed by atoms with Gasteiger partial charge >= 0.3 is 0 Å². The SMILES string of the molecule is COC1(c2cc(F)cc(Sc3ccc(/C(C)=N/O)c(C)c3)c2)CCOCC1. The van der Waals surface area contributed by atoms with E-state index in [-0.39, 0.29) is 5.82 Å². The second-order valence-electron chi connectivity index (χ2n) is 6.75. The van der Waals surface area contributed by atoms with E-state index in [1.807, 2.05) is 31.2 Å². The van der Waals surface area contributed by atoms with E-state index in [1.54, 1.807) is 26.2 Å². The molecule has 0 unspecified atom stereocenters. The third-order valence-corrected chi connectivity index (χ3v) is 6.02. The van der Waals surface area contributed by atoms with Gasteiger partial charge in [-0.15, -0.1) is 0 Å². The minimum Gasteiger partial charge on any atom is -0.411 e. The van der Waals surface area contributed by atoms with Crippen molar-refractivity contribution in [3.8, 4) is 0 Å². The number of hydrogen-bond donors (Lipinski definition) is 1. The van der Waals surface area contributed by atoms with Crippen molar-refractivity contribution >= 4 is 17.5 Å². The molecule has 1 heterocycles. The Labute approximate surface area is 163 Å². The number of oxime groups is 1. The van der Waals surface area contributed by atoms with E-state index in [9.17, 15) is 4.39 Å². The molecule has 1 N–H and O–H groups in total. The van der Waals surface area contributed by atoms with Crippen LogP contribution < -0.4 is 0 Å². The molecule has 0 bridgehead atoms. The summed E-state index contributed by atoms with van der Waals surface area (Å²) >= 11 is 1.50. The van der Waals surface area contributed by atoms with Crippen LogP contribution >= 0.6 is 11.8 Å². The van der Waals surface area contributed by atoms with Crippen LogP contribution in [-0.4, -0.2) is 31.2 Å². The van der Waals surface area contributed by atoms with Crippen LogP contribution in [0.3, 0.4) is 0 Å². The number of halogens is 1. The molecule has 0 aliphatic carbocycles. The quantitative estimate of drug-likeness (QED) is 0.437. The topological polar surface area (TPSA) is 51.0 Å². The molecule has 0 spiro atoms. The van der Waals surface area contributed by atoms with Crippen LogP contribution in [0, 0.1) is 12.7 Å².